The van der Waals surface area contributed by atoms with E-state index in [4.69, 9.17) is 18.7 Å². The number of carbonyl (C=O) groups is 3. The predicted octanol–water partition coefficient (Wildman–Crippen LogP) is 9.35. The number of phosphoric acid groups is 1. The highest BCUT2D eigenvalue weighted by Crippen LogP contribution is 2.69. The minimum atomic E-state index is -5.23. The minimum Gasteiger partial charge on any atom is -0.482 e. The van der Waals surface area contributed by atoms with E-state index >= 15 is 4.79 Å². The van der Waals surface area contributed by atoms with E-state index in [1.54, 1.807) is 25.2 Å². The Hall–Kier alpha value is -3.76. The molecule has 2 fully saturated rings. The molecule has 1 spiro atoms. The van der Waals surface area contributed by atoms with Crippen molar-refractivity contribution in [3.8, 4) is 17.2 Å². The van der Waals surface area contributed by atoms with Crippen LogP contribution in [0.1, 0.15) is 142 Å². The number of ether oxygens (including phenoxy) is 3. The predicted molar refractivity (Wildman–Crippen MR) is 224 cm³/mol. The van der Waals surface area contributed by atoms with Gasteiger partial charge in [0.2, 0.25) is 5.91 Å². The zero-order valence-electron chi connectivity index (χ0n) is 36.0. The van der Waals surface area contributed by atoms with Gasteiger partial charge in [-0.15, -0.1) is 0 Å². The number of Topliss-reactive ketones (excluding diaryl/α,β-unsaturated/α-hetero) is 2. The van der Waals surface area contributed by atoms with Crippen LogP contribution in [0.15, 0.2) is 52.7 Å². The first-order valence-electron chi connectivity index (χ1n) is 20.9. The third-order valence-corrected chi connectivity index (χ3v) is 12.9. The SMILES string of the molecule is CCCCN(CCCC)C(=O)C(C)=CCC12OC(C)(C)C3CC(C=C4C(=O)c5c(OP(=O)(O)O)c6c(c(CC=C(C)C)c5OC431)OC(C)(CCC=C(C)C)C=C6)C2=O. The summed E-state index contributed by atoms with van der Waals surface area (Å²) in [7, 11) is -5.23. The molecule has 1 saturated carbocycles. The van der Waals surface area contributed by atoms with Crippen LogP contribution in [0, 0.1) is 11.8 Å². The van der Waals surface area contributed by atoms with Gasteiger partial charge in [-0.05, 0) is 106 Å². The van der Waals surface area contributed by atoms with Gasteiger partial charge in [0.05, 0.1) is 11.2 Å². The van der Waals surface area contributed by atoms with E-state index in [1.165, 1.54) is 5.57 Å². The van der Waals surface area contributed by atoms with Crippen molar-refractivity contribution >= 4 is 31.4 Å². The average molecular weight is 820 g/mol. The average Bonchev–Trinajstić information content (AvgIpc) is 3.29. The van der Waals surface area contributed by atoms with Gasteiger partial charge >= 0.3 is 7.82 Å². The van der Waals surface area contributed by atoms with Gasteiger partial charge in [-0.1, -0.05) is 62.1 Å². The number of hydrogen-bond donors (Lipinski definition) is 2. The van der Waals surface area contributed by atoms with Crippen molar-refractivity contribution in [2.75, 3.05) is 13.1 Å². The molecule has 1 aromatic rings. The maximum Gasteiger partial charge on any atom is 0.524 e. The van der Waals surface area contributed by atoms with Crippen molar-refractivity contribution in [3.05, 3.63) is 69.4 Å². The topological polar surface area (TPSA) is 149 Å². The number of nitrogens with zero attached hydrogens (tertiary/aromatic N) is 1. The molecule has 3 aliphatic carbocycles. The Morgan fingerprint density at radius 3 is 2.22 bits per heavy atom. The summed E-state index contributed by atoms with van der Waals surface area (Å²) >= 11 is 0. The summed E-state index contributed by atoms with van der Waals surface area (Å²) in [5, 5.41) is 0. The van der Waals surface area contributed by atoms with Crippen LogP contribution in [0.3, 0.4) is 0 Å². The third kappa shape index (κ3) is 7.61. The van der Waals surface area contributed by atoms with E-state index in [9.17, 15) is 23.9 Å². The van der Waals surface area contributed by atoms with Gasteiger partial charge in [-0.3, -0.25) is 24.2 Å². The first kappa shape index (κ1) is 43.8. The van der Waals surface area contributed by atoms with Crippen LogP contribution in [0.25, 0.3) is 6.08 Å². The fourth-order valence-corrected chi connectivity index (χ4v) is 10.1. The highest BCUT2D eigenvalue weighted by atomic mass is 31.2. The number of amides is 1. The lowest BCUT2D eigenvalue weighted by Crippen LogP contribution is -2.72. The maximum atomic E-state index is 15.4. The van der Waals surface area contributed by atoms with E-state index in [2.05, 4.69) is 19.9 Å². The van der Waals surface area contributed by atoms with E-state index in [0.29, 0.717) is 37.1 Å². The van der Waals surface area contributed by atoms with Crippen LogP contribution in [0.4, 0.5) is 0 Å². The lowest BCUT2D eigenvalue weighted by atomic mass is 9.51. The summed E-state index contributed by atoms with van der Waals surface area (Å²) in [4.78, 5) is 66.6. The highest BCUT2D eigenvalue weighted by molar-refractivity contribution is 7.46. The van der Waals surface area contributed by atoms with Gasteiger partial charge in [-0.25, -0.2) is 4.57 Å². The van der Waals surface area contributed by atoms with Gasteiger partial charge in [-0.2, -0.15) is 0 Å². The molecular weight excluding hydrogens is 757 g/mol. The Balaban J connectivity index is 1.57. The molecule has 5 unspecified atom stereocenters. The standard InChI is InChI=1S/C46H62NO10P/c1-11-13-24-47(25-14-12-2)42(50)30(7)19-23-45-41(49)31-26-34-37(48)36-39(55-46(34,45)35(27-31)43(8,9)57-45)32(18-17-29(5)6)38-33(40(36)56-58(51,52)53)20-22-44(10,54-38)21-15-16-28(3)4/h16-17,19-20,22,26,31,35H,11-15,18,21,23-25,27H2,1-10H3,(H2,51,52,53). The van der Waals surface area contributed by atoms with Crippen molar-refractivity contribution in [2.45, 2.75) is 149 Å². The van der Waals surface area contributed by atoms with Crippen LogP contribution < -0.4 is 14.0 Å². The molecule has 6 aliphatic rings. The number of benzene rings is 1. The summed E-state index contributed by atoms with van der Waals surface area (Å²) in [6.07, 6.45) is 16.7. The number of carbonyl (C=O) groups excluding carboxylic acids is 3. The number of rotatable bonds is 16. The zero-order valence-corrected chi connectivity index (χ0v) is 36.8. The molecule has 7 rings (SSSR count). The molecule has 2 N–H and O–H groups in total. The summed E-state index contributed by atoms with van der Waals surface area (Å²) in [6, 6.07) is 0. The van der Waals surface area contributed by atoms with Gasteiger partial charge in [0.1, 0.15) is 22.7 Å². The molecule has 12 heteroatoms. The summed E-state index contributed by atoms with van der Waals surface area (Å²) in [5.41, 5.74) is -1.64. The van der Waals surface area contributed by atoms with Gasteiger partial charge in [0.25, 0.3) is 0 Å². The second kappa shape index (κ2) is 16.0. The van der Waals surface area contributed by atoms with Gasteiger partial charge < -0.3 is 23.6 Å². The fourth-order valence-electron chi connectivity index (χ4n) is 9.63. The molecule has 58 heavy (non-hydrogen) atoms. The van der Waals surface area contributed by atoms with Crippen molar-refractivity contribution < 1.29 is 47.5 Å². The van der Waals surface area contributed by atoms with Crippen molar-refractivity contribution in [1.29, 1.82) is 0 Å². The van der Waals surface area contributed by atoms with Crippen molar-refractivity contribution in [1.82, 2.24) is 4.90 Å². The zero-order chi connectivity index (χ0) is 42.6. The van der Waals surface area contributed by atoms with Crippen LogP contribution in [0.5, 0.6) is 17.2 Å². The number of unbranched alkanes of at least 4 members (excludes halogenated alkanes) is 2. The second-order valence-electron chi connectivity index (χ2n) is 18.0. The Morgan fingerprint density at radius 1 is 0.966 bits per heavy atom. The number of hydrogen-bond acceptors (Lipinski definition) is 8. The van der Waals surface area contributed by atoms with Crippen molar-refractivity contribution in [3.63, 3.8) is 0 Å². The third-order valence-electron chi connectivity index (χ3n) is 12.5. The molecule has 316 valence electrons. The maximum absolute atomic E-state index is 15.4. The van der Waals surface area contributed by atoms with E-state index in [1.807, 2.05) is 65.5 Å². The number of allylic oxidation sites excluding steroid dienone is 5. The molecule has 1 amide bonds. The second-order valence-corrected chi connectivity index (χ2v) is 19.2. The van der Waals surface area contributed by atoms with Crippen LogP contribution >= 0.6 is 7.82 Å². The molecule has 1 saturated heterocycles. The molecule has 3 heterocycles. The first-order chi connectivity index (χ1) is 27.1. The van der Waals surface area contributed by atoms with Gasteiger partial charge in [0, 0.05) is 48.1 Å². The molecular formula is C46H62NO10P. The van der Waals surface area contributed by atoms with Crippen LogP contribution in [-0.2, 0) is 25.3 Å². The molecule has 3 aliphatic heterocycles. The quantitative estimate of drug-likeness (QED) is 0.0939. The molecule has 5 atom stereocenters. The molecule has 0 aromatic heterocycles. The Kier molecular flexibility index (Phi) is 12.1. The monoisotopic (exact) mass is 819 g/mol. The normalized spacial score (nSPS) is 27.4. The Bertz CT molecular complexity index is 2070. The Labute approximate surface area is 343 Å². The fraction of sp³-hybridized carbons (Fsp3) is 0.587. The van der Waals surface area contributed by atoms with Crippen LogP contribution in [0.2, 0.25) is 0 Å². The molecule has 1 aromatic carbocycles. The van der Waals surface area contributed by atoms with Crippen LogP contribution in [-0.4, -0.2) is 67.7 Å². The summed E-state index contributed by atoms with van der Waals surface area (Å²) in [5.74, 6) is -2.02. The number of ketones is 2. The molecule has 0 radical (unpaired) electrons. The minimum absolute atomic E-state index is 0.0169. The lowest BCUT2D eigenvalue weighted by Gasteiger charge is -2.56. The largest absolute Gasteiger partial charge is 0.524 e. The Morgan fingerprint density at radius 2 is 1.62 bits per heavy atom. The highest BCUT2D eigenvalue weighted by Gasteiger charge is 2.81. The molecule has 11 nitrogen and oxygen atoms in total. The smallest absolute Gasteiger partial charge is 0.482 e. The van der Waals surface area contributed by atoms with Gasteiger partial charge in [0.15, 0.2) is 28.5 Å². The lowest BCUT2D eigenvalue weighted by molar-refractivity contribution is -0.171. The first-order valence-corrected chi connectivity index (χ1v) is 22.5. The van der Waals surface area contributed by atoms with E-state index < -0.39 is 47.8 Å². The number of phosphoric ester groups is 1. The molecule has 4 bridgehead atoms. The summed E-state index contributed by atoms with van der Waals surface area (Å²) < 4.78 is 39.3. The number of fused-ring (bicyclic) bond motifs is 2. The summed E-state index contributed by atoms with van der Waals surface area (Å²) in [6.45, 7) is 20.9. The van der Waals surface area contributed by atoms with Crippen molar-refractivity contribution in [2.24, 2.45) is 11.8 Å². The van der Waals surface area contributed by atoms with E-state index in [-0.39, 0.29) is 58.5 Å². The van der Waals surface area contributed by atoms with E-state index in [0.717, 1.165) is 37.7 Å².